The van der Waals surface area contributed by atoms with Crippen LogP contribution in [-0.4, -0.2) is 30.0 Å². The Bertz CT molecular complexity index is 428. The number of pyridine rings is 1. The number of hydrogen-bond acceptors (Lipinski definition) is 2. The summed E-state index contributed by atoms with van der Waals surface area (Å²) < 4.78 is 12.7. The van der Waals surface area contributed by atoms with Crippen LogP contribution in [-0.2, 0) is 4.79 Å². The molecule has 1 N–H and O–H groups in total. The first kappa shape index (κ1) is 14.8. The van der Waals surface area contributed by atoms with Gasteiger partial charge in [-0.15, -0.1) is 0 Å². The number of nitrogens with zero attached hydrogens (tertiary/aromatic N) is 1. The van der Waals surface area contributed by atoms with Gasteiger partial charge < -0.3 is 0 Å². The predicted molar refractivity (Wildman–Crippen MR) is 73.0 cm³/mol. The van der Waals surface area contributed by atoms with Crippen LogP contribution in [0.2, 0.25) is 0 Å². The molecule has 0 aliphatic heterocycles. The predicted octanol–water partition coefficient (Wildman–Crippen LogP) is 2.44. The molecule has 6 heteroatoms. The molecular weight excluding hydrogens is 253 g/mol. The van der Waals surface area contributed by atoms with Crippen LogP contribution in [0.15, 0.2) is 18.3 Å². The first-order valence-corrected chi connectivity index (χ1v) is 6.27. The number of nitrogens with one attached hydrogen (secondary N) is 1. The summed E-state index contributed by atoms with van der Waals surface area (Å²) in [7, 11) is 4.99. The zero-order chi connectivity index (χ0) is 13.4. The van der Waals surface area contributed by atoms with Crippen LogP contribution in [0.1, 0.15) is 31.4 Å². The summed E-state index contributed by atoms with van der Waals surface area (Å²) in [6, 6.07) is 2.98. The number of carbonyl (C=O) groups is 1. The van der Waals surface area contributed by atoms with Gasteiger partial charge in [0.25, 0.3) is 0 Å². The van der Waals surface area contributed by atoms with Crippen molar-refractivity contribution in [2.75, 3.05) is 11.2 Å². The van der Waals surface area contributed by atoms with E-state index in [1.807, 2.05) is 0 Å². The maximum atomic E-state index is 12.7. The van der Waals surface area contributed by atoms with E-state index in [1.54, 1.807) is 6.07 Å². The van der Waals surface area contributed by atoms with Gasteiger partial charge in [0, 0.05) is 0 Å². The van der Waals surface area contributed by atoms with Gasteiger partial charge in [0.2, 0.25) is 0 Å². The third-order valence-electron chi connectivity index (χ3n) is 2.33. The Kier molecular flexibility index (Phi) is 6.58. The van der Waals surface area contributed by atoms with E-state index in [1.165, 1.54) is 12.3 Å². The van der Waals surface area contributed by atoms with Crippen molar-refractivity contribution >= 4 is 36.4 Å². The van der Waals surface area contributed by atoms with Gasteiger partial charge in [-0.1, -0.05) is 0 Å². The molecule has 1 aromatic heterocycles. The van der Waals surface area contributed by atoms with Crippen molar-refractivity contribution in [1.82, 2.24) is 4.98 Å². The number of amides is 1. The van der Waals surface area contributed by atoms with Crippen molar-refractivity contribution in [3.05, 3.63) is 24.0 Å². The third kappa shape index (κ3) is 5.40. The topological polar surface area (TPSA) is 42.0 Å². The van der Waals surface area contributed by atoms with Gasteiger partial charge in [-0.3, -0.25) is 0 Å². The van der Waals surface area contributed by atoms with Gasteiger partial charge in [0.05, 0.1) is 0 Å². The van der Waals surface area contributed by atoms with E-state index in [0.717, 1.165) is 19.3 Å². The number of rotatable bonds is 7. The molecular formula is C12H14BClFN2O. The SMILES string of the molecule is [B]=C(F)c1cc(NC(=O)CCCCCCl)ccn1. The van der Waals surface area contributed by atoms with E-state index in [-0.39, 0.29) is 11.6 Å². The Balaban J connectivity index is 2.44. The molecule has 18 heavy (non-hydrogen) atoms. The molecule has 3 nitrogen and oxygen atoms in total. The number of anilines is 1. The monoisotopic (exact) mass is 267 g/mol. The van der Waals surface area contributed by atoms with E-state index in [2.05, 4.69) is 10.3 Å². The Morgan fingerprint density at radius 1 is 1.44 bits per heavy atom. The summed E-state index contributed by atoms with van der Waals surface area (Å²) in [4.78, 5) is 15.3. The first-order chi connectivity index (χ1) is 8.63. The van der Waals surface area contributed by atoms with E-state index < -0.39 is 5.72 Å². The van der Waals surface area contributed by atoms with E-state index >= 15 is 0 Å². The second kappa shape index (κ2) is 7.98. The van der Waals surface area contributed by atoms with Gasteiger partial charge in [-0.05, 0) is 0 Å². The van der Waals surface area contributed by atoms with Crippen LogP contribution in [0, 0.1) is 0 Å². The summed E-state index contributed by atoms with van der Waals surface area (Å²) in [5, 5.41) is 2.67. The molecule has 0 aliphatic carbocycles. The van der Waals surface area contributed by atoms with Crippen molar-refractivity contribution in [3.8, 4) is 0 Å². The van der Waals surface area contributed by atoms with E-state index in [0.29, 0.717) is 18.0 Å². The standard InChI is InChI=1S/C12H14BClFN2O/c13-12(15)10-8-9(5-7-16-10)17-11(18)4-2-1-3-6-14/h5,7-8H,1-4,6H2,(H,16,17,18). The van der Waals surface area contributed by atoms with Crippen LogP contribution in [0.4, 0.5) is 10.1 Å². The fourth-order valence-corrected chi connectivity index (χ4v) is 1.61. The minimum atomic E-state index is -0.867. The molecule has 1 radical (unpaired) electrons. The fraction of sp³-hybridized carbons (Fsp3) is 0.417. The average Bonchev–Trinajstić information content (AvgIpc) is 2.35. The number of alkyl halides is 1. The van der Waals surface area contributed by atoms with Gasteiger partial charge >= 0.3 is 111 Å². The van der Waals surface area contributed by atoms with Crippen molar-refractivity contribution in [1.29, 1.82) is 0 Å². The molecule has 1 rings (SSSR count). The number of hydrogen-bond donors (Lipinski definition) is 1. The molecule has 0 fully saturated rings. The quantitative estimate of drug-likeness (QED) is 0.468. The summed E-state index contributed by atoms with van der Waals surface area (Å²) in [6.07, 6.45) is 4.42. The van der Waals surface area contributed by atoms with Gasteiger partial charge in [-0.25, -0.2) is 0 Å². The van der Waals surface area contributed by atoms with Crippen LogP contribution in [0.3, 0.4) is 0 Å². The molecule has 0 spiro atoms. The van der Waals surface area contributed by atoms with E-state index in [4.69, 9.17) is 19.1 Å². The van der Waals surface area contributed by atoms with Crippen LogP contribution in [0.25, 0.3) is 0 Å². The Labute approximate surface area is 112 Å². The second-order valence-corrected chi connectivity index (χ2v) is 4.20. The van der Waals surface area contributed by atoms with Crippen molar-refractivity contribution in [2.45, 2.75) is 25.7 Å². The summed E-state index contributed by atoms with van der Waals surface area (Å²) >= 11 is 5.54. The fourth-order valence-electron chi connectivity index (χ4n) is 1.42. The Morgan fingerprint density at radius 3 is 2.89 bits per heavy atom. The summed E-state index contributed by atoms with van der Waals surface area (Å²) in [6.45, 7) is 0. The molecule has 0 bridgehead atoms. The Hall–Kier alpha value is -1.23. The maximum absolute atomic E-state index is 12.7. The number of unbranched alkanes of at least 4 members (excludes halogenated alkanes) is 2. The molecule has 1 amide bonds. The van der Waals surface area contributed by atoms with Crippen molar-refractivity contribution in [2.24, 2.45) is 0 Å². The Morgan fingerprint density at radius 2 is 2.22 bits per heavy atom. The summed E-state index contributed by atoms with van der Waals surface area (Å²) in [5.74, 6) is 0.500. The van der Waals surface area contributed by atoms with Crippen molar-refractivity contribution < 1.29 is 9.18 Å². The first-order valence-electron chi connectivity index (χ1n) is 5.73. The molecule has 0 unspecified atom stereocenters. The third-order valence-corrected chi connectivity index (χ3v) is 2.59. The van der Waals surface area contributed by atoms with Gasteiger partial charge in [-0.2, -0.15) is 0 Å². The molecule has 0 saturated carbocycles. The normalized spacial score (nSPS) is 10.1. The van der Waals surface area contributed by atoms with Crippen LogP contribution >= 0.6 is 11.6 Å². The van der Waals surface area contributed by atoms with Crippen LogP contribution < -0.4 is 5.32 Å². The molecule has 0 atom stereocenters. The summed E-state index contributed by atoms with van der Waals surface area (Å²) in [5.41, 5.74) is -0.355. The zero-order valence-electron chi connectivity index (χ0n) is 9.96. The van der Waals surface area contributed by atoms with Gasteiger partial charge in [0.15, 0.2) is 0 Å². The number of carbonyl (C=O) groups excluding carboxylic acids is 1. The molecule has 1 heterocycles. The number of halogens is 2. The average molecular weight is 268 g/mol. The molecule has 0 saturated heterocycles. The molecule has 0 aromatic carbocycles. The minimum absolute atomic E-state index is 0.0231. The molecule has 95 valence electrons. The van der Waals surface area contributed by atoms with Crippen LogP contribution in [0.5, 0.6) is 0 Å². The van der Waals surface area contributed by atoms with Gasteiger partial charge in [0.1, 0.15) is 0 Å². The van der Waals surface area contributed by atoms with E-state index in [9.17, 15) is 9.18 Å². The second-order valence-electron chi connectivity index (χ2n) is 3.83. The number of aromatic nitrogens is 1. The molecule has 0 aliphatic rings. The zero-order valence-corrected chi connectivity index (χ0v) is 10.7. The van der Waals surface area contributed by atoms with Crippen molar-refractivity contribution in [3.63, 3.8) is 0 Å². The molecule has 1 aromatic rings.